The molecule has 0 radical (unpaired) electrons. The fraction of sp³-hybridized carbons (Fsp3) is 0.350. The fourth-order valence-corrected chi connectivity index (χ4v) is 2.32. The Balaban J connectivity index is 0.000000271. The van der Waals surface area contributed by atoms with Gasteiger partial charge in [-0.05, 0) is 36.8 Å². The summed E-state index contributed by atoms with van der Waals surface area (Å²) in [5, 5.41) is 11.8. The monoisotopic (exact) mass is 377 g/mol. The summed E-state index contributed by atoms with van der Waals surface area (Å²) < 4.78 is 20.3. The Morgan fingerprint density at radius 1 is 0.852 bits per heavy atom. The van der Waals surface area contributed by atoms with Crippen molar-refractivity contribution in [2.45, 2.75) is 13.3 Å². The lowest BCUT2D eigenvalue weighted by atomic mass is 10.1. The minimum atomic E-state index is -0.864. The molecule has 0 unspecified atom stereocenters. The first kappa shape index (κ1) is 22.0. The predicted octanol–water partition coefficient (Wildman–Crippen LogP) is 3.47. The molecule has 0 saturated carbocycles. The third-order valence-electron chi connectivity index (χ3n) is 3.57. The number of aliphatic carboxylic acids is 1. The number of carboxylic acid groups (broad SMARTS) is 1. The fourth-order valence-electron chi connectivity index (χ4n) is 2.32. The van der Waals surface area contributed by atoms with E-state index in [0.29, 0.717) is 17.1 Å². The maximum atomic E-state index is 10.5. The van der Waals surface area contributed by atoms with E-state index in [1.807, 2.05) is 18.2 Å². The molecule has 2 aromatic carbocycles. The van der Waals surface area contributed by atoms with E-state index in [-0.39, 0.29) is 6.42 Å². The molecule has 0 aliphatic heterocycles. The smallest absolute Gasteiger partial charge is 0.307 e. The van der Waals surface area contributed by atoms with Gasteiger partial charge in [-0.25, -0.2) is 0 Å². The number of methoxy groups -OCH3 is 4. The van der Waals surface area contributed by atoms with Gasteiger partial charge in [0.25, 0.3) is 0 Å². The molecule has 148 valence electrons. The van der Waals surface area contributed by atoms with E-state index in [1.165, 1.54) is 14.2 Å². The number of carboxylic acids is 1. The lowest BCUT2D eigenvalue weighted by Gasteiger charge is -2.09. The van der Waals surface area contributed by atoms with E-state index in [1.54, 1.807) is 32.4 Å². The van der Waals surface area contributed by atoms with Gasteiger partial charge in [0.1, 0.15) is 0 Å². The molecule has 0 aromatic heterocycles. The molecule has 0 fully saturated rings. The van der Waals surface area contributed by atoms with Gasteiger partial charge in [-0.15, -0.1) is 0 Å². The van der Waals surface area contributed by atoms with Crippen molar-refractivity contribution in [3.05, 3.63) is 42.0 Å². The highest BCUT2D eigenvalue weighted by atomic mass is 16.5. The number of rotatable bonds is 8. The van der Waals surface area contributed by atoms with Gasteiger partial charge in [0.15, 0.2) is 23.0 Å². The Morgan fingerprint density at radius 3 is 1.85 bits per heavy atom. The Hall–Kier alpha value is -3.09. The van der Waals surface area contributed by atoms with Gasteiger partial charge in [-0.3, -0.25) is 4.79 Å². The normalized spacial score (nSPS) is 9.52. The van der Waals surface area contributed by atoms with Gasteiger partial charge in [0, 0.05) is 18.3 Å². The van der Waals surface area contributed by atoms with Gasteiger partial charge in [-0.1, -0.05) is 6.07 Å². The second-order valence-corrected chi connectivity index (χ2v) is 5.36. The minimum Gasteiger partial charge on any atom is -0.493 e. The van der Waals surface area contributed by atoms with Crippen molar-refractivity contribution < 1.29 is 28.8 Å². The molecule has 2 aromatic rings. The number of hydrogen-bond donors (Lipinski definition) is 2. The highest BCUT2D eigenvalue weighted by molar-refractivity contribution is 5.70. The molecule has 2 N–H and O–H groups in total. The summed E-state index contributed by atoms with van der Waals surface area (Å²) in [5.74, 6) is 1.79. The summed E-state index contributed by atoms with van der Waals surface area (Å²) in [6.07, 6.45) is -0.0135. The van der Waals surface area contributed by atoms with Crippen molar-refractivity contribution in [1.29, 1.82) is 0 Å². The van der Waals surface area contributed by atoms with Crippen LogP contribution in [0.3, 0.4) is 0 Å². The van der Waals surface area contributed by atoms with Crippen molar-refractivity contribution in [1.82, 2.24) is 0 Å². The van der Waals surface area contributed by atoms with E-state index >= 15 is 0 Å². The van der Waals surface area contributed by atoms with Crippen molar-refractivity contribution >= 4 is 11.7 Å². The molecule has 27 heavy (non-hydrogen) atoms. The SMILES string of the molecule is CCNc1ccc(OC)c(OC)c1.COc1ccc(CC(=O)O)cc1OC. The van der Waals surface area contributed by atoms with Crippen LogP contribution in [0.2, 0.25) is 0 Å². The van der Waals surface area contributed by atoms with Crippen LogP contribution in [0.5, 0.6) is 23.0 Å². The van der Waals surface area contributed by atoms with Crippen LogP contribution in [-0.2, 0) is 11.2 Å². The third-order valence-corrected chi connectivity index (χ3v) is 3.57. The largest absolute Gasteiger partial charge is 0.493 e. The third kappa shape index (κ3) is 6.97. The molecule has 0 aliphatic rings. The molecule has 0 heterocycles. The van der Waals surface area contributed by atoms with Crippen LogP contribution in [0.4, 0.5) is 5.69 Å². The van der Waals surface area contributed by atoms with Crippen LogP contribution in [0.1, 0.15) is 12.5 Å². The molecule has 7 nitrogen and oxygen atoms in total. The molecular weight excluding hydrogens is 350 g/mol. The molecule has 0 spiro atoms. The number of hydrogen-bond acceptors (Lipinski definition) is 6. The van der Waals surface area contributed by atoms with Gasteiger partial charge >= 0.3 is 5.97 Å². The average Bonchev–Trinajstić information content (AvgIpc) is 2.68. The van der Waals surface area contributed by atoms with Crippen LogP contribution >= 0.6 is 0 Å². The van der Waals surface area contributed by atoms with Crippen LogP contribution in [-0.4, -0.2) is 46.1 Å². The number of anilines is 1. The zero-order valence-electron chi connectivity index (χ0n) is 16.4. The lowest BCUT2D eigenvalue weighted by molar-refractivity contribution is -0.136. The van der Waals surface area contributed by atoms with Crippen molar-refractivity contribution in [3.8, 4) is 23.0 Å². The molecule has 2 rings (SSSR count). The van der Waals surface area contributed by atoms with Crippen LogP contribution in [0.25, 0.3) is 0 Å². The summed E-state index contributed by atoms with van der Waals surface area (Å²) in [6, 6.07) is 10.8. The molecule has 0 bridgehead atoms. The number of benzene rings is 2. The average molecular weight is 377 g/mol. The second-order valence-electron chi connectivity index (χ2n) is 5.36. The van der Waals surface area contributed by atoms with E-state index in [9.17, 15) is 4.79 Å². The van der Waals surface area contributed by atoms with Crippen molar-refractivity contribution in [3.63, 3.8) is 0 Å². The van der Waals surface area contributed by atoms with E-state index in [0.717, 1.165) is 23.7 Å². The van der Waals surface area contributed by atoms with E-state index in [2.05, 4.69) is 12.2 Å². The maximum absolute atomic E-state index is 10.5. The van der Waals surface area contributed by atoms with Crippen molar-refractivity contribution in [2.24, 2.45) is 0 Å². The van der Waals surface area contributed by atoms with Crippen LogP contribution in [0, 0.1) is 0 Å². The van der Waals surface area contributed by atoms with Gasteiger partial charge in [0.05, 0.1) is 34.9 Å². The summed E-state index contributed by atoms with van der Waals surface area (Å²) in [5.41, 5.74) is 1.73. The molecule has 7 heteroatoms. The number of carbonyl (C=O) groups is 1. The van der Waals surface area contributed by atoms with Gasteiger partial charge in [-0.2, -0.15) is 0 Å². The van der Waals surface area contributed by atoms with Gasteiger partial charge < -0.3 is 29.4 Å². The quantitative estimate of drug-likeness (QED) is 0.728. The van der Waals surface area contributed by atoms with Crippen molar-refractivity contribution in [2.75, 3.05) is 40.3 Å². The topological polar surface area (TPSA) is 86.2 Å². The predicted molar refractivity (Wildman–Crippen MR) is 105 cm³/mol. The summed E-state index contributed by atoms with van der Waals surface area (Å²) in [6.45, 7) is 2.95. The molecule has 0 saturated heterocycles. The Labute approximate surface area is 159 Å². The molecule has 0 aliphatic carbocycles. The summed E-state index contributed by atoms with van der Waals surface area (Å²) >= 11 is 0. The summed E-state index contributed by atoms with van der Waals surface area (Å²) in [7, 11) is 6.31. The minimum absolute atomic E-state index is 0.0135. The zero-order chi connectivity index (χ0) is 20.2. The first-order valence-electron chi connectivity index (χ1n) is 8.37. The highest BCUT2D eigenvalue weighted by Crippen LogP contribution is 2.29. The first-order valence-corrected chi connectivity index (χ1v) is 8.37. The van der Waals surface area contributed by atoms with E-state index < -0.39 is 5.97 Å². The number of ether oxygens (including phenoxy) is 4. The zero-order valence-corrected chi connectivity index (χ0v) is 16.4. The van der Waals surface area contributed by atoms with Crippen LogP contribution < -0.4 is 24.3 Å². The first-order chi connectivity index (χ1) is 13.0. The molecular formula is C20H27NO6. The molecule has 0 amide bonds. The lowest BCUT2D eigenvalue weighted by Crippen LogP contribution is -2.00. The Kier molecular flexibility index (Phi) is 9.36. The highest BCUT2D eigenvalue weighted by Gasteiger charge is 2.06. The second kappa shape index (κ2) is 11.5. The van der Waals surface area contributed by atoms with Crippen LogP contribution in [0.15, 0.2) is 36.4 Å². The number of nitrogens with one attached hydrogen (secondary N) is 1. The van der Waals surface area contributed by atoms with Gasteiger partial charge in [0.2, 0.25) is 0 Å². The summed E-state index contributed by atoms with van der Waals surface area (Å²) in [4.78, 5) is 10.5. The molecule has 0 atom stereocenters. The maximum Gasteiger partial charge on any atom is 0.307 e. The van der Waals surface area contributed by atoms with E-state index in [4.69, 9.17) is 24.1 Å². The standard InChI is InChI=1S/C10H15NO2.C10H12O4/c1-4-11-8-5-6-9(12-2)10(7-8)13-3;1-13-8-4-3-7(6-10(11)12)5-9(8)14-2/h5-7,11H,4H2,1-3H3;3-5H,6H2,1-2H3,(H,11,12). The Morgan fingerprint density at radius 2 is 1.37 bits per heavy atom. The Bertz CT molecular complexity index is 732.